The molecule has 124 valence electrons. The number of carbonyl (C=O) groups is 1. The third-order valence-corrected chi connectivity index (χ3v) is 5.26. The average molecular weight is 368 g/mol. The number of halogens is 1. The highest BCUT2D eigenvalue weighted by atomic mass is 35.5. The zero-order valence-corrected chi connectivity index (χ0v) is 14.7. The Labute approximate surface area is 154 Å². The van der Waals surface area contributed by atoms with E-state index in [0.717, 1.165) is 27.6 Å². The number of anilines is 1. The first-order valence-corrected chi connectivity index (χ1v) is 8.99. The Morgan fingerprint density at radius 3 is 2.52 bits per heavy atom. The van der Waals surface area contributed by atoms with Crippen molar-refractivity contribution in [2.75, 3.05) is 4.90 Å². The molecular weight excluding hydrogens is 354 g/mol. The molecule has 4 rings (SSSR count). The Bertz CT molecular complexity index is 919. The van der Waals surface area contributed by atoms with Crippen LogP contribution in [0, 0.1) is 5.41 Å². The first-order valence-electron chi connectivity index (χ1n) is 7.73. The van der Waals surface area contributed by atoms with Crippen molar-refractivity contribution in [3.8, 4) is 0 Å². The number of hydrogen-bond acceptors (Lipinski definition) is 4. The monoisotopic (exact) mass is 367 g/mol. The molecule has 0 aliphatic carbocycles. The third kappa shape index (κ3) is 2.97. The highest BCUT2D eigenvalue weighted by Gasteiger charge is 2.35. The van der Waals surface area contributed by atoms with Gasteiger partial charge in [0.05, 0.1) is 22.8 Å². The van der Waals surface area contributed by atoms with Gasteiger partial charge in [-0.15, -0.1) is 0 Å². The maximum Gasteiger partial charge on any atom is 0.237 e. The van der Waals surface area contributed by atoms with Crippen molar-refractivity contribution in [2.24, 2.45) is 0 Å². The standard InChI is InChI=1S/C19H14ClN3OS/c20-13-8-6-12(7-9-13)16-11-25-19(22-16)15-10-17(24)23(18(15)21)14-4-2-1-3-5-14/h1-9,11,21-22H,10H2. The van der Waals surface area contributed by atoms with Gasteiger partial charge in [-0.3, -0.25) is 15.1 Å². The van der Waals surface area contributed by atoms with Gasteiger partial charge in [-0.05, 0) is 29.8 Å². The van der Waals surface area contributed by atoms with E-state index in [0.29, 0.717) is 5.02 Å². The molecule has 6 heteroatoms. The number of benzene rings is 2. The maximum atomic E-state index is 12.4. The van der Waals surface area contributed by atoms with Crippen molar-refractivity contribution in [3.05, 3.63) is 81.2 Å². The summed E-state index contributed by atoms with van der Waals surface area (Å²) in [7, 11) is 0. The summed E-state index contributed by atoms with van der Waals surface area (Å²) in [5.41, 5.74) is 3.41. The second-order valence-corrected chi connectivity index (χ2v) is 7.00. The van der Waals surface area contributed by atoms with Gasteiger partial charge in [-0.2, -0.15) is 0 Å². The van der Waals surface area contributed by atoms with Gasteiger partial charge in [0.1, 0.15) is 5.84 Å². The van der Waals surface area contributed by atoms with Gasteiger partial charge in [0.2, 0.25) is 5.91 Å². The molecule has 1 amide bonds. The number of para-hydroxylation sites is 1. The van der Waals surface area contributed by atoms with Gasteiger partial charge in [-0.1, -0.05) is 53.7 Å². The number of hydrogen-bond donors (Lipinski definition) is 2. The number of nitrogens with one attached hydrogen (secondary N) is 2. The molecule has 4 nitrogen and oxygen atoms in total. The number of amides is 1. The van der Waals surface area contributed by atoms with Gasteiger partial charge >= 0.3 is 0 Å². The van der Waals surface area contributed by atoms with Crippen molar-refractivity contribution < 1.29 is 4.79 Å². The molecule has 25 heavy (non-hydrogen) atoms. The highest BCUT2D eigenvalue weighted by molar-refractivity contribution is 8.06. The Balaban J connectivity index is 1.60. The molecule has 1 saturated heterocycles. The van der Waals surface area contributed by atoms with Gasteiger partial charge < -0.3 is 5.32 Å². The van der Waals surface area contributed by atoms with E-state index in [-0.39, 0.29) is 18.2 Å². The number of thioether (sulfide) groups is 1. The molecule has 2 aromatic carbocycles. The van der Waals surface area contributed by atoms with Crippen LogP contribution in [0.4, 0.5) is 5.69 Å². The van der Waals surface area contributed by atoms with Crippen LogP contribution in [0.1, 0.15) is 12.0 Å². The van der Waals surface area contributed by atoms with Crippen LogP contribution in [0.3, 0.4) is 0 Å². The van der Waals surface area contributed by atoms with Gasteiger partial charge in [0.15, 0.2) is 0 Å². The van der Waals surface area contributed by atoms with E-state index in [2.05, 4.69) is 5.32 Å². The zero-order chi connectivity index (χ0) is 17.4. The number of amidine groups is 1. The molecule has 2 aromatic rings. The second kappa shape index (κ2) is 6.43. The largest absolute Gasteiger partial charge is 0.349 e. The fourth-order valence-corrected chi connectivity index (χ4v) is 3.86. The summed E-state index contributed by atoms with van der Waals surface area (Å²) in [4.78, 5) is 13.9. The summed E-state index contributed by atoms with van der Waals surface area (Å²) in [6, 6.07) is 16.9. The van der Waals surface area contributed by atoms with Crippen molar-refractivity contribution in [1.29, 1.82) is 5.41 Å². The Morgan fingerprint density at radius 2 is 1.80 bits per heavy atom. The minimum atomic E-state index is -0.0824. The SMILES string of the molecule is N=C1C(=C2NC(c3ccc(Cl)cc3)=CS2)CC(=O)N1c1ccccc1. The van der Waals surface area contributed by atoms with Crippen LogP contribution in [-0.4, -0.2) is 11.7 Å². The molecule has 0 radical (unpaired) electrons. The molecule has 2 aliphatic rings. The lowest BCUT2D eigenvalue weighted by molar-refractivity contribution is -0.116. The molecule has 0 spiro atoms. The normalized spacial score (nSPS) is 20.0. The summed E-state index contributed by atoms with van der Waals surface area (Å²) < 4.78 is 0. The average Bonchev–Trinajstić information content (AvgIpc) is 3.21. The number of nitrogens with zero attached hydrogens (tertiary/aromatic N) is 1. The first-order chi connectivity index (χ1) is 12.1. The maximum absolute atomic E-state index is 12.4. The van der Waals surface area contributed by atoms with Crippen LogP contribution in [0.25, 0.3) is 5.70 Å². The minimum Gasteiger partial charge on any atom is -0.349 e. The van der Waals surface area contributed by atoms with Gasteiger partial charge in [0, 0.05) is 16.0 Å². The van der Waals surface area contributed by atoms with Crippen LogP contribution >= 0.6 is 23.4 Å². The van der Waals surface area contributed by atoms with E-state index < -0.39 is 0 Å². The molecule has 2 aliphatic heterocycles. The first kappa shape index (κ1) is 16.0. The van der Waals surface area contributed by atoms with E-state index in [1.165, 1.54) is 16.7 Å². The van der Waals surface area contributed by atoms with Crippen LogP contribution in [0.15, 0.2) is 70.6 Å². The van der Waals surface area contributed by atoms with Crippen molar-refractivity contribution in [2.45, 2.75) is 6.42 Å². The number of carbonyl (C=O) groups excluding carboxylic acids is 1. The quantitative estimate of drug-likeness (QED) is 0.815. The molecular formula is C19H14ClN3OS. The summed E-state index contributed by atoms with van der Waals surface area (Å²) in [6.07, 6.45) is 0.227. The molecule has 0 saturated carbocycles. The predicted octanol–water partition coefficient (Wildman–Crippen LogP) is 4.60. The van der Waals surface area contributed by atoms with E-state index in [4.69, 9.17) is 17.0 Å². The number of rotatable bonds is 2. The molecule has 2 heterocycles. The van der Waals surface area contributed by atoms with Crippen LogP contribution in [0.2, 0.25) is 5.02 Å². The highest BCUT2D eigenvalue weighted by Crippen LogP contribution is 2.37. The fourth-order valence-electron chi connectivity index (χ4n) is 2.83. The topological polar surface area (TPSA) is 56.2 Å². The predicted molar refractivity (Wildman–Crippen MR) is 103 cm³/mol. The van der Waals surface area contributed by atoms with E-state index in [1.807, 2.05) is 60.0 Å². The molecule has 0 atom stereocenters. The van der Waals surface area contributed by atoms with Crippen molar-refractivity contribution in [3.63, 3.8) is 0 Å². The van der Waals surface area contributed by atoms with Crippen LogP contribution < -0.4 is 10.2 Å². The van der Waals surface area contributed by atoms with E-state index in [9.17, 15) is 4.79 Å². The third-order valence-electron chi connectivity index (χ3n) is 4.07. The van der Waals surface area contributed by atoms with Crippen LogP contribution in [0.5, 0.6) is 0 Å². The summed E-state index contributed by atoms with van der Waals surface area (Å²) in [6.45, 7) is 0. The molecule has 0 unspecified atom stereocenters. The van der Waals surface area contributed by atoms with E-state index in [1.54, 1.807) is 0 Å². The lowest BCUT2D eigenvalue weighted by Crippen LogP contribution is -2.28. The summed E-state index contributed by atoms with van der Waals surface area (Å²) in [5.74, 6) is 0.151. The van der Waals surface area contributed by atoms with E-state index >= 15 is 0 Å². The fraction of sp³-hybridized carbons (Fsp3) is 0.0526. The zero-order valence-electron chi connectivity index (χ0n) is 13.1. The second-order valence-electron chi connectivity index (χ2n) is 5.68. The Hall–Kier alpha value is -2.50. The molecule has 0 bridgehead atoms. The van der Waals surface area contributed by atoms with Crippen molar-refractivity contribution in [1.82, 2.24) is 5.32 Å². The summed E-state index contributed by atoms with van der Waals surface area (Å²) >= 11 is 7.44. The van der Waals surface area contributed by atoms with Gasteiger partial charge in [-0.25, -0.2) is 0 Å². The molecule has 2 N–H and O–H groups in total. The smallest absolute Gasteiger partial charge is 0.237 e. The lowest BCUT2D eigenvalue weighted by Gasteiger charge is -2.16. The lowest BCUT2D eigenvalue weighted by atomic mass is 10.1. The van der Waals surface area contributed by atoms with Gasteiger partial charge in [0.25, 0.3) is 0 Å². The Kier molecular flexibility index (Phi) is 4.11. The summed E-state index contributed by atoms with van der Waals surface area (Å²) in [5, 5.41) is 15.3. The van der Waals surface area contributed by atoms with Crippen LogP contribution in [-0.2, 0) is 4.79 Å². The molecule has 1 fully saturated rings. The minimum absolute atomic E-state index is 0.0824. The Morgan fingerprint density at radius 1 is 1.08 bits per heavy atom. The molecule has 0 aromatic heterocycles. The van der Waals surface area contributed by atoms with Crippen molar-refractivity contribution >= 4 is 46.5 Å².